The average Bonchev–Trinajstić information content (AvgIpc) is 3.01. The van der Waals surface area contributed by atoms with Gasteiger partial charge in [-0.25, -0.2) is 9.82 Å². The molecule has 8 heteroatoms. The smallest absolute Gasteiger partial charge is 0.229 e. The van der Waals surface area contributed by atoms with Gasteiger partial charge in [-0.05, 0) is 44.4 Å². The molecule has 154 valence electrons. The van der Waals surface area contributed by atoms with Gasteiger partial charge in [-0.2, -0.15) is 0 Å². The summed E-state index contributed by atoms with van der Waals surface area (Å²) in [6, 6.07) is 0.0989. The Morgan fingerprint density at radius 1 is 1.22 bits per heavy atom. The Hall–Kier alpha value is -1.25. The number of fused-ring (bicyclic) bond motifs is 1. The van der Waals surface area contributed by atoms with Crippen LogP contribution in [-0.4, -0.2) is 48.0 Å². The van der Waals surface area contributed by atoms with E-state index in [1.165, 1.54) is 0 Å². The molecule has 0 radical (unpaired) electrons. The van der Waals surface area contributed by atoms with Crippen molar-refractivity contribution < 1.29 is 14.3 Å². The van der Waals surface area contributed by atoms with Crippen LogP contribution in [0.3, 0.4) is 0 Å². The van der Waals surface area contributed by atoms with Gasteiger partial charge in [0.05, 0.1) is 12.3 Å². The number of rotatable bonds is 4. The van der Waals surface area contributed by atoms with Crippen LogP contribution in [-0.2, 0) is 4.79 Å². The lowest BCUT2D eigenvalue weighted by Gasteiger charge is -2.30. The molecular formula is C19H34FN5O2. The molecule has 0 aromatic carbocycles. The van der Waals surface area contributed by atoms with E-state index in [1.807, 2.05) is 0 Å². The number of nitrogens with one attached hydrogen (secondary N) is 4. The summed E-state index contributed by atoms with van der Waals surface area (Å²) in [4.78, 5) is 17.2. The standard InChI is InChI=1S/C19H34FN5O2/c1-11(2)10-21-19(23-18(27)12-4-3-5-14(26)8-12)22-17-15-7-6-13(20)9-16(15)24-25-17/h11-17,24-26H,3-10H2,1-2H3,(H2,21,22,23,27). The van der Waals surface area contributed by atoms with Crippen LogP contribution in [0.25, 0.3) is 0 Å². The van der Waals surface area contributed by atoms with Crippen LogP contribution < -0.4 is 21.5 Å². The molecular weight excluding hydrogens is 349 g/mol. The first-order valence-electron chi connectivity index (χ1n) is 10.4. The maximum atomic E-state index is 13.6. The van der Waals surface area contributed by atoms with Gasteiger partial charge in [-0.1, -0.05) is 20.3 Å². The van der Waals surface area contributed by atoms with Gasteiger partial charge in [0, 0.05) is 24.4 Å². The van der Waals surface area contributed by atoms with Crippen LogP contribution in [0.1, 0.15) is 58.8 Å². The van der Waals surface area contributed by atoms with Gasteiger partial charge in [0.2, 0.25) is 5.91 Å². The largest absolute Gasteiger partial charge is 0.393 e. The van der Waals surface area contributed by atoms with Gasteiger partial charge in [0.15, 0.2) is 5.96 Å². The van der Waals surface area contributed by atoms with Crippen LogP contribution in [0, 0.1) is 17.8 Å². The van der Waals surface area contributed by atoms with Crippen molar-refractivity contribution in [1.29, 1.82) is 0 Å². The molecule has 1 amide bonds. The summed E-state index contributed by atoms with van der Waals surface area (Å²) in [5.74, 6) is 0.841. The Bertz CT molecular complexity index is 544. The zero-order valence-corrected chi connectivity index (χ0v) is 16.4. The van der Waals surface area contributed by atoms with E-state index in [9.17, 15) is 14.3 Å². The molecule has 27 heavy (non-hydrogen) atoms. The summed E-state index contributed by atoms with van der Waals surface area (Å²) >= 11 is 0. The maximum absolute atomic E-state index is 13.6. The fraction of sp³-hybridized carbons (Fsp3) is 0.895. The predicted octanol–water partition coefficient (Wildman–Crippen LogP) is 1.20. The van der Waals surface area contributed by atoms with E-state index in [-0.39, 0.29) is 30.0 Å². The summed E-state index contributed by atoms with van der Waals surface area (Å²) in [6.45, 7) is 4.76. The molecule has 0 bridgehead atoms. The maximum Gasteiger partial charge on any atom is 0.229 e. The fourth-order valence-corrected chi connectivity index (χ4v) is 4.32. The molecule has 6 atom stereocenters. The lowest BCUT2D eigenvalue weighted by atomic mass is 9.83. The summed E-state index contributed by atoms with van der Waals surface area (Å²) in [7, 11) is 0. The number of aliphatic imine (C=N–C) groups is 1. The number of alkyl halides is 1. The van der Waals surface area contributed by atoms with Crippen molar-refractivity contribution in [1.82, 2.24) is 21.5 Å². The Balaban J connectivity index is 1.61. The van der Waals surface area contributed by atoms with E-state index >= 15 is 0 Å². The number of carbonyl (C=O) groups excluding carboxylic acids is 1. The Kier molecular flexibility index (Phi) is 7.05. The molecule has 1 heterocycles. The molecule has 3 rings (SSSR count). The summed E-state index contributed by atoms with van der Waals surface area (Å²) in [5.41, 5.74) is 6.38. The Morgan fingerprint density at radius 3 is 2.78 bits per heavy atom. The number of hydrazine groups is 1. The van der Waals surface area contributed by atoms with E-state index in [4.69, 9.17) is 0 Å². The lowest BCUT2D eigenvalue weighted by molar-refractivity contribution is -0.125. The van der Waals surface area contributed by atoms with Crippen LogP contribution in [0.15, 0.2) is 4.99 Å². The van der Waals surface area contributed by atoms with E-state index in [2.05, 4.69) is 40.3 Å². The number of nitrogens with zero attached hydrogens (tertiary/aromatic N) is 1. The highest BCUT2D eigenvalue weighted by atomic mass is 19.1. The highest BCUT2D eigenvalue weighted by Gasteiger charge is 2.41. The topological polar surface area (TPSA) is 97.8 Å². The van der Waals surface area contributed by atoms with Gasteiger partial charge in [0.25, 0.3) is 0 Å². The average molecular weight is 384 g/mol. The molecule has 1 aliphatic heterocycles. The zero-order chi connectivity index (χ0) is 19.4. The number of halogens is 1. The van der Waals surface area contributed by atoms with Gasteiger partial charge in [-0.3, -0.25) is 20.5 Å². The molecule has 3 aliphatic rings. The van der Waals surface area contributed by atoms with Crippen molar-refractivity contribution in [3.8, 4) is 0 Å². The second kappa shape index (κ2) is 9.30. The third kappa shape index (κ3) is 5.62. The van der Waals surface area contributed by atoms with Crippen molar-refractivity contribution in [3.05, 3.63) is 0 Å². The summed E-state index contributed by atoms with van der Waals surface area (Å²) in [5, 5.41) is 16.1. The second-order valence-corrected chi connectivity index (χ2v) is 8.68. The minimum Gasteiger partial charge on any atom is -0.393 e. The molecule has 3 fully saturated rings. The number of hydrogen-bond donors (Lipinski definition) is 5. The van der Waals surface area contributed by atoms with Crippen molar-refractivity contribution in [2.45, 2.75) is 83.3 Å². The summed E-state index contributed by atoms with van der Waals surface area (Å²) < 4.78 is 13.6. The van der Waals surface area contributed by atoms with E-state index in [0.717, 1.165) is 25.7 Å². The first-order valence-corrected chi connectivity index (χ1v) is 10.4. The second-order valence-electron chi connectivity index (χ2n) is 8.68. The number of hydrogen-bond acceptors (Lipinski definition) is 5. The molecule has 1 saturated heterocycles. The molecule has 0 spiro atoms. The number of carbonyl (C=O) groups is 1. The van der Waals surface area contributed by atoms with Crippen molar-refractivity contribution >= 4 is 11.9 Å². The monoisotopic (exact) mass is 383 g/mol. The SMILES string of the molecule is CC(C)CN=C(NC(=O)C1CCCC(O)C1)NC1NNC2CC(F)CCC21. The predicted molar refractivity (Wildman–Crippen MR) is 102 cm³/mol. The number of guanidine groups is 1. The van der Waals surface area contributed by atoms with Gasteiger partial charge in [-0.15, -0.1) is 0 Å². The molecule has 5 N–H and O–H groups in total. The first-order chi connectivity index (χ1) is 12.9. The number of aliphatic hydroxyl groups is 1. The Morgan fingerprint density at radius 2 is 2.04 bits per heavy atom. The lowest BCUT2D eigenvalue weighted by Crippen LogP contribution is -2.54. The quantitative estimate of drug-likeness (QED) is 0.371. The van der Waals surface area contributed by atoms with Gasteiger partial charge in [0.1, 0.15) is 6.17 Å². The van der Waals surface area contributed by atoms with E-state index < -0.39 is 12.3 Å². The fourth-order valence-electron chi connectivity index (χ4n) is 4.32. The molecule has 0 aromatic heterocycles. The van der Waals surface area contributed by atoms with Crippen LogP contribution >= 0.6 is 0 Å². The van der Waals surface area contributed by atoms with Crippen LogP contribution in [0.5, 0.6) is 0 Å². The van der Waals surface area contributed by atoms with Crippen molar-refractivity contribution in [3.63, 3.8) is 0 Å². The minimum atomic E-state index is -0.745. The van der Waals surface area contributed by atoms with E-state index in [1.54, 1.807) is 0 Å². The molecule has 6 unspecified atom stereocenters. The molecule has 2 saturated carbocycles. The molecule has 0 aromatic rings. The third-order valence-corrected chi connectivity index (χ3v) is 5.86. The van der Waals surface area contributed by atoms with Gasteiger partial charge >= 0.3 is 0 Å². The third-order valence-electron chi connectivity index (χ3n) is 5.86. The number of amides is 1. The van der Waals surface area contributed by atoms with Crippen LogP contribution in [0.4, 0.5) is 4.39 Å². The van der Waals surface area contributed by atoms with Crippen molar-refractivity contribution in [2.75, 3.05) is 6.54 Å². The molecule has 2 aliphatic carbocycles. The Labute approximate surface area is 160 Å². The number of aliphatic hydroxyl groups excluding tert-OH is 1. The highest BCUT2D eigenvalue weighted by Crippen LogP contribution is 2.31. The first kappa shape index (κ1) is 20.5. The molecule has 7 nitrogen and oxygen atoms in total. The highest BCUT2D eigenvalue weighted by molar-refractivity contribution is 5.98. The van der Waals surface area contributed by atoms with Crippen LogP contribution in [0.2, 0.25) is 0 Å². The minimum absolute atomic E-state index is 0.0845. The summed E-state index contributed by atoms with van der Waals surface area (Å²) in [6.07, 6.45) is 3.60. The van der Waals surface area contributed by atoms with Crippen molar-refractivity contribution in [2.24, 2.45) is 22.7 Å². The van der Waals surface area contributed by atoms with Gasteiger partial charge < -0.3 is 10.4 Å². The zero-order valence-electron chi connectivity index (χ0n) is 16.4. The van der Waals surface area contributed by atoms with E-state index in [0.29, 0.717) is 37.7 Å². The normalized spacial score (nSPS) is 37.1.